The van der Waals surface area contributed by atoms with Gasteiger partial charge in [-0.15, -0.1) is 0 Å². The lowest BCUT2D eigenvalue weighted by Crippen LogP contribution is -2.28. The minimum absolute atomic E-state index is 0.0278. The van der Waals surface area contributed by atoms with Crippen LogP contribution in [0.1, 0.15) is 11.1 Å². The van der Waals surface area contributed by atoms with E-state index in [4.69, 9.17) is 16.7 Å². The molecule has 0 unspecified atom stereocenters. The second kappa shape index (κ2) is 7.06. The van der Waals surface area contributed by atoms with Gasteiger partial charge in [0, 0.05) is 6.54 Å². The van der Waals surface area contributed by atoms with Gasteiger partial charge in [-0.3, -0.25) is 0 Å². The van der Waals surface area contributed by atoms with E-state index in [1.807, 2.05) is 0 Å². The van der Waals surface area contributed by atoms with Gasteiger partial charge in [-0.25, -0.2) is 9.18 Å². The molecule has 0 fully saturated rings. The van der Waals surface area contributed by atoms with Gasteiger partial charge < -0.3 is 15.7 Å². The van der Waals surface area contributed by atoms with Crippen molar-refractivity contribution in [3.8, 4) is 0 Å². The van der Waals surface area contributed by atoms with Crippen LogP contribution in [0.25, 0.3) is 0 Å². The Morgan fingerprint density at radius 2 is 1.81 bits per heavy atom. The number of urea groups is 1. The van der Waals surface area contributed by atoms with E-state index in [9.17, 15) is 9.18 Å². The fourth-order valence-electron chi connectivity index (χ4n) is 1.72. The van der Waals surface area contributed by atoms with E-state index in [-0.39, 0.29) is 23.9 Å². The Kier molecular flexibility index (Phi) is 5.14. The van der Waals surface area contributed by atoms with Crippen LogP contribution in [0.3, 0.4) is 0 Å². The second-order valence-corrected chi connectivity index (χ2v) is 4.79. The summed E-state index contributed by atoms with van der Waals surface area (Å²) in [6.45, 7) is 0.254. The third-order valence-corrected chi connectivity index (χ3v) is 3.17. The van der Waals surface area contributed by atoms with Crippen LogP contribution in [-0.4, -0.2) is 11.1 Å². The van der Waals surface area contributed by atoms with Crippen molar-refractivity contribution in [2.24, 2.45) is 0 Å². The summed E-state index contributed by atoms with van der Waals surface area (Å²) in [5, 5.41) is 14.0. The van der Waals surface area contributed by atoms with Crippen molar-refractivity contribution in [2.75, 3.05) is 5.32 Å². The highest BCUT2D eigenvalue weighted by Gasteiger charge is 2.10. The number of hydrogen-bond acceptors (Lipinski definition) is 2. The number of rotatable bonds is 4. The summed E-state index contributed by atoms with van der Waals surface area (Å²) in [7, 11) is 0. The third kappa shape index (κ3) is 4.18. The van der Waals surface area contributed by atoms with Crippen LogP contribution >= 0.6 is 11.6 Å². The third-order valence-electron chi connectivity index (χ3n) is 2.86. The molecule has 0 saturated carbocycles. The van der Waals surface area contributed by atoms with E-state index in [2.05, 4.69) is 10.6 Å². The Bertz CT molecular complexity index is 612. The number of hydrogen-bond donors (Lipinski definition) is 3. The smallest absolute Gasteiger partial charge is 0.319 e. The van der Waals surface area contributed by atoms with Gasteiger partial charge in [-0.2, -0.15) is 0 Å². The van der Waals surface area contributed by atoms with Crippen molar-refractivity contribution in [3.63, 3.8) is 0 Å². The quantitative estimate of drug-likeness (QED) is 0.811. The molecule has 2 aromatic rings. The van der Waals surface area contributed by atoms with Gasteiger partial charge in [-0.1, -0.05) is 41.9 Å². The van der Waals surface area contributed by atoms with Crippen LogP contribution in [0, 0.1) is 5.82 Å². The van der Waals surface area contributed by atoms with Crippen LogP contribution < -0.4 is 10.6 Å². The van der Waals surface area contributed by atoms with Gasteiger partial charge in [0.15, 0.2) is 0 Å². The number of carbonyl (C=O) groups is 1. The van der Waals surface area contributed by atoms with E-state index in [0.717, 1.165) is 11.1 Å². The fourth-order valence-corrected chi connectivity index (χ4v) is 1.93. The maximum atomic E-state index is 13.5. The number of amides is 2. The number of aliphatic hydroxyl groups is 1. The van der Waals surface area contributed by atoms with Crippen molar-refractivity contribution in [1.29, 1.82) is 0 Å². The van der Waals surface area contributed by atoms with E-state index in [0.29, 0.717) is 0 Å². The summed E-state index contributed by atoms with van der Waals surface area (Å²) in [5.74, 6) is -0.593. The van der Waals surface area contributed by atoms with Crippen molar-refractivity contribution in [2.45, 2.75) is 13.2 Å². The minimum atomic E-state index is -0.593. The zero-order valence-electron chi connectivity index (χ0n) is 11.1. The zero-order valence-corrected chi connectivity index (χ0v) is 11.8. The molecule has 0 heterocycles. The number of benzene rings is 2. The molecule has 21 heavy (non-hydrogen) atoms. The Morgan fingerprint density at radius 1 is 1.14 bits per heavy atom. The molecule has 4 nitrogen and oxygen atoms in total. The summed E-state index contributed by atoms with van der Waals surface area (Å²) in [5.41, 5.74) is 1.61. The lowest BCUT2D eigenvalue weighted by Gasteiger charge is -2.10. The summed E-state index contributed by atoms with van der Waals surface area (Å²) < 4.78 is 13.5. The first-order valence-electron chi connectivity index (χ1n) is 6.27. The largest absolute Gasteiger partial charge is 0.392 e. The first kappa shape index (κ1) is 15.3. The molecule has 0 spiro atoms. The van der Waals surface area contributed by atoms with Gasteiger partial charge in [0.2, 0.25) is 0 Å². The van der Waals surface area contributed by atoms with E-state index in [1.54, 1.807) is 24.3 Å². The van der Waals surface area contributed by atoms with E-state index < -0.39 is 11.8 Å². The molecule has 110 valence electrons. The van der Waals surface area contributed by atoms with E-state index in [1.165, 1.54) is 18.2 Å². The summed E-state index contributed by atoms with van der Waals surface area (Å²) in [6, 6.07) is 10.7. The first-order valence-corrected chi connectivity index (χ1v) is 6.65. The Hall–Kier alpha value is -2.11. The van der Waals surface area contributed by atoms with Crippen LogP contribution in [0.5, 0.6) is 0 Å². The van der Waals surface area contributed by atoms with Crippen LogP contribution in [0.2, 0.25) is 5.02 Å². The normalized spacial score (nSPS) is 10.2. The predicted octanol–water partition coefficient (Wildman–Crippen LogP) is 3.29. The summed E-state index contributed by atoms with van der Waals surface area (Å²) >= 11 is 5.82. The maximum absolute atomic E-state index is 13.5. The molecule has 0 aromatic heterocycles. The molecule has 2 amide bonds. The van der Waals surface area contributed by atoms with Crippen LogP contribution in [0.15, 0.2) is 42.5 Å². The number of halogens is 2. The molecule has 0 aliphatic carbocycles. The lowest BCUT2D eigenvalue weighted by molar-refractivity contribution is 0.251. The molecule has 2 aromatic carbocycles. The minimum Gasteiger partial charge on any atom is -0.392 e. The Balaban J connectivity index is 1.92. The summed E-state index contributed by atoms with van der Waals surface area (Å²) in [6.07, 6.45) is 0. The number of nitrogens with one attached hydrogen (secondary N) is 2. The van der Waals surface area contributed by atoms with Crippen molar-refractivity contribution in [3.05, 3.63) is 64.4 Å². The van der Waals surface area contributed by atoms with Gasteiger partial charge in [0.1, 0.15) is 5.82 Å². The van der Waals surface area contributed by atoms with Gasteiger partial charge in [0.25, 0.3) is 0 Å². The average molecular weight is 309 g/mol. The molecule has 0 bridgehead atoms. The second-order valence-electron chi connectivity index (χ2n) is 4.38. The molecule has 0 radical (unpaired) electrons. The highest BCUT2D eigenvalue weighted by molar-refractivity contribution is 6.33. The maximum Gasteiger partial charge on any atom is 0.319 e. The number of aliphatic hydroxyl groups excluding tert-OH is 1. The average Bonchev–Trinajstić information content (AvgIpc) is 2.49. The highest BCUT2D eigenvalue weighted by atomic mass is 35.5. The molecule has 0 atom stereocenters. The Morgan fingerprint density at radius 3 is 2.43 bits per heavy atom. The van der Waals surface area contributed by atoms with Crippen LogP contribution in [-0.2, 0) is 13.2 Å². The van der Waals surface area contributed by atoms with Crippen molar-refractivity contribution < 1.29 is 14.3 Å². The lowest BCUT2D eigenvalue weighted by atomic mass is 10.1. The molecular formula is C15H14ClFN2O2. The molecule has 3 N–H and O–H groups in total. The molecule has 0 saturated heterocycles. The molecule has 2 rings (SSSR count). The van der Waals surface area contributed by atoms with Crippen LogP contribution in [0.4, 0.5) is 14.9 Å². The monoisotopic (exact) mass is 308 g/mol. The predicted molar refractivity (Wildman–Crippen MR) is 79.6 cm³/mol. The summed E-state index contributed by atoms with van der Waals surface area (Å²) in [4.78, 5) is 11.7. The van der Waals surface area contributed by atoms with Gasteiger partial charge >= 0.3 is 6.03 Å². The number of carbonyl (C=O) groups excluding carboxylic acids is 1. The standard InChI is InChI=1S/C15H14ClFN2O2/c16-12-2-1-3-13(17)14(12)19-15(21)18-8-10-4-6-11(9-20)7-5-10/h1-7,20H,8-9H2,(H2,18,19,21). The number of anilines is 1. The molecule has 0 aliphatic heterocycles. The fraction of sp³-hybridized carbons (Fsp3) is 0.133. The zero-order chi connectivity index (χ0) is 15.2. The highest BCUT2D eigenvalue weighted by Crippen LogP contribution is 2.24. The topological polar surface area (TPSA) is 61.4 Å². The first-order chi connectivity index (χ1) is 10.1. The molecular weight excluding hydrogens is 295 g/mol. The Labute approximate surface area is 126 Å². The van der Waals surface area contributed by atoms with Gasteiger partial charge in [0.05, 0.1) is 17.3 Å². The SMILES string of the molecule is O=C(NCc1ccc(CO)cc1)Nc1c(F)cccc1Cl. The number of para-hydroxylation sites is 1. The van der Waals surface area contributed by atoms with Crippen molar-refractivity contribution in [1.82, 2.24) is 5.32 Å². The van der Waals surface area contributed by atoms with Gasteiger partial charge in [-0.05, 0) is 23.3 Å². The molecule has 0 aliphatic rings. The molecule has 6 heteroatoms. The van der Waals surface area contributed by atoms with Crippen molar-refractivity contribution >= 4 is 23.3 Å². The van der Waals surface area contributed by atoms with E-state index >= 15 is 0 Å².